The zero-order valence-electron chi connectivity index (χ0n) is 13.5. The molecule has 3 aromatic rings. The first kappa shape index (κ1) is 15.7. The number of esters is 1. The minimum Gasteiger partial charge on any atom is -0.456 e. The monoisotopic (exact) mass is 339 g/mol. The van der Waals surface area contributed by atoms with E-state index in [0.717, 1.165) is 28.4 Å². The highest BCUT2D eigenvalue weighted by molar-refractivity contribution is 6.07. The third kappa shape index (κ3) is 3.21. The van der Waals surface area contributed by atoms with Crippen LogP contribution in [0.5, 0.6) is 0 Å². The molecule has 6 nitrogen and oxygen atoms in total. The lowest BCUT2D eigenvalue weighted by atomic mass is 10.1. The van der Waals surface area contributed by atoms with Gasteiger partial charge >= 0.3 is 5.97 Å². The number of benzene rings is 2. The normalized spacial score (nSPS) is 17.0. The van der Waals surface area contributed by atoms with Gasteiger partial charge < -0.3 is 19.2 Å². The van der Waals surface area contributed by atoms with E-state index in [1.165, 1.54) is 0 Å². The number of hydrogen-bond donors (Lipinski definition) is 1. The first-order valence-corrected chi connectivity index (χ1v) is 8.20. The van der Waals surface area contributed by atoms with Gasteiger partial charge in [-0.3, -0.25) is 4.79 Å². The van der Waals surface area contributed by atoms with Crippen LogP contribution in [0.25, 0.3) is 21.9 Å². The van der Waals surface area contributed by atoms with Crippen molar-refractivity contribution in [3.63, 3.8) is 0 Å². The van der Waals surface area contributed by atoms with E-state index in [-0.39, 0.29) is 6.61 Å². The number of para-hydroxylation sites is 1. The number of rotatable bonds is 4. The molecule has 4 rings (SSSR count). The van der Waals surface area contributed by atoms with Crippen molar-refractivity contribution >= 4 is 39.5 Å². The molecule has 6 heteroatoms. The van der Waals surface area contributed by atoms with E-state index in [1.807, 2.05) is 36.4 Å². The number of anilines is 1. The third-order valence-corrected chi connectivity index (χ3v) is 4.20. The largest absolute Gasteiger partial charge is 0.456 e. The van der Waals surface area contributed by atoms with Gasteiger partial charge in [-0.2, -0.15) is 0 Å². The van der Waals surface area contributed by atoms with Gasteiger partial charge in [-0.1, -0.05) is 18.2 Å². The van der Waals surface area contributed by atoms with Gasteiger partial charge in [0.25, 0.3) is 5.91 Å². The predicted octanol–water partition coefficient (Wildman–Crippen LogP) is 3.25. The highest BCUT2D eigenvalue weighted by Gasteiger charge is 2.25. The summed E-state index contributed by atoms with van der Waals surface area (Å²) in [6.07, 6.45) is 0.941. The van der Waals surface area contributed by atoms with Gasteiger partial charge in [0.1, 0.15) is 11.2 Å². The second-order valence-electron chi connectivity index (χ2n) is 5.97. The van der Waals surface area contributed by atoms with Crippen LogP contribution in [0.3, 0.4) is 0 Å². The van der Waals surface area contributed by atoms with Crippen molar-refractivity contribution in [3.05, 3.63) is 42.5 Å². The zero-order chi connectivity index (χ0) is 17.2. The summed E-state index contributed by atoms with van der Waals surface area (Å²) in [5.74, 6) is -0.873. The number of ether oxygens (including phenoxy) is 2. The van der Waals surface area contributed by atoms with Crippen LogP contribution in [-0.2, 0) is 19.1 Å². The maximum Gasteiger partial charge on any atom is 0.335 e. The standard InChI is InChI=1S/C19H17NO5/c21-18(11-24-19(22)17-6-3-9-23-17)20-12-7-8-16-14(10-12)13-4-1-2-5-15(13)25-16/h1-2,4-5,7-8,10,17H,3,6,9,11H2,(H,20,21)/t17-/m1/s1. The van der Waals surface area contributed by atoms with Crippen molar-refractivity contribution in [2.24, 2.45) is 0 Å². The lowest BCUT2D eigenvalue weighted by Crippen LogP contribution is -2.27. The molecule has 0 aliphatic carbocycles. The Morgan fingerprint density at radius 3 is 2.80 bits per heavy atom. The Balaban J connectivity index is 1.43. The summed E-state index contributed by atoms with van der Waals surface area (Å²) >= 11 is 0. The molecule has 0 radical (unpaired) electrons. The summed E-state index contributed by atoms with van der Waals surface area (Å²) in [5, 5.41) is 4.64. The molecular formula is C19H17NO5. The molecule has 1 N–H and O–H groups in total. The molecule has 25 heavy (non-hydrogen) atoms. The Kier molecular flexibility index (Phi) is 4.11. The van der Waals surface area contributed by atoms with Gasteiger partial charge in [-0.15, -0.1) is 0 Å². The van der Waals surface area contributed by atoms with E-state index in [9.17, 15) is 9.59 Å². The van der Waals surface area contributed by atoms with Crippen LogP contribution >= 0.6 is 0 Å². The zero-order valence-corrected chi connectivity index (χ0v) is 13.5. The lowest BCUT2D eigenvalue weighted by Gasteiger charge is -2.10. The maximum absolute atomic E-state index is 12.0. The van der Waals surface area contributed by atoms with Crippen LogP contribution in [0.2, 0.25) is 0 Å². The van der Waals surface area contributed by atoms with Crippen LogP contribution in [0.1, 0.15) is 12.8 Å². The first-order valence-electron chi connectivity index (χ1n) is 8.20. The highest BCUT2D eigenvalue weighted by atomic mass is 16.6. The van der Waals surface area contributed by atoms with Gasteiger partial charge in [0, 0.05) is 23.1 Å². The second kappa shape index (κ2) is 6.57. The summed E-state index contributed by atoms with van der Waals surface area (Å²) in [6.45, 7) is 0.230. The molecule has 0 bridgehead atoms. The smallest absolute Gasteiger partial charge is 0.335 e. The van der Waals surface area contributed by atoms with Crippen molar-refractivity contribution in [1.29, 1.82) is 0 Å². The van der Waals surface area contributed by atoms with Crippen molar-refractivity contribution in [3.8, 4) is 0 Å². The van der Waals surface area contributed by atoms with Crippen molar-refractivity contribution in [1.82, 2.24) is 0 Å². The van der Waals surface area contributed by atoms with E-state index in [2.05, 4.69) is 5.32 Å². The van der Waals surface area contributed by atoms with Gasteiger partial charge in [-0.05, 0) is 37.1 Å². The lowest BCUT2D eigenvalue weighted by molar-refractivity contribution is -0.156. The molecule has 1 aliphatic heterocycles. The molecule has 2 heterocycles. The molecule has 1 saturated heterocycles. The van der Waals surface area contributed by atoms with Crippen LogP contribution in [0.4, 0.5) is 5.69 Å². The average Bonchev–Trinajstić information content (AvgIpc) is 3.27. The Labute approximate surface area is 143 Å². The molecule has 2 aromatic carbocycles. The molecule has 1 fully saturated rings. The van der Waals surface area contributed by atoms with Crippen LogP contribution in [0.15, 0.2) is 46.9 Å². The van der Waals surface area contributed by atoms with E-state index in [1.54, 1.807) is 6.07 Å². The highest BCUT2D eigenvalue weighted by Crippen LogP contribution is 2.30. The molecule has 0 spiro atoms. The second-order valence-corrected chi connectivity index (χ2v) is 5.97. The summed E-state index contributed by atoms with van der Waals surface area (Å²) in [5.41, 5.74) is 2.17. The number of hydrogen-bond acceptors (Lipinski definition) is 5. The minimum absolute atomic E-state index is 0.330. The van der Waals surface area contributed by atoms with Gasteiger partial charge in [-0.25, -0.2) is 4.79 Å². The molecular weight excluding hydrogens is 322 g/mol. The summed E-state index contributed by atoms with van der Waals surface area (Å²) in [6, 6.07) is 13.1. The average molecular weight is 339 g/mol. The fraction of sp³-hybridized carbons (Fsp3) is 0.263. The molecule has 0 unspecified atom stereocenters. The molecule has 1 aliphatic rings. The van der Waals surface area contributed by atoms with E-state index in [4.69, 9.17) is 13.9 Å². The molecule has 1 aromatic heterocycles. The Bertz CT molecular complexity index is 939. The van der Waals surface area contributed by atoms with Crippen molar-refractivity contribution < 1.29 is 23.5 Å². The van der Waals surface area contributed by atoms with Crippen LogP contribution in [-0.4, -0.2) is 31.2 Å². The third-order valence-electron chi connectivity index (χ3n) is 4.20. The van der Waals surface area contributed by atoms with E-state index >= 15 is 0 Å². The SMILES string of the molecule is O=C(COC(=O)[C@H]1CCCO1)Nc1ccc2oc3ccccc3c2c1. The number of fused-ring (bicyclic) bond motifs is 3. The number of nitrogens with one attached hydrogen (secondary N) is 1. The Hall–Kier alpha value is -2.86. The molecule has 1 atom stereocenters. The number of amides is 1. The van der Waals surface area contributed by atoms with Crippen molar-refractivity contribution in [2.75, 3.05) is 18.5 Å². The fourth-order valence-electron chi connectivity index (χ4n) is 2.99. The molecule has 128 valence electrons. The van der Waals surface area contributed by atoms with Gasteiger partial charge in [0.15, 0.2) is 12.7 Å². The van der Waals surface area contributed by atoms with E-state index in [0.29, 0.717) is 18.7 Å². The van der Waals surface area contributed by atoms with Crippen LogP contribution in [0, 0.1) is 0 Å². The summed E-state index contributed by atoms with van der Waals surface area (Å²) in [4.78, 5) is 23.8. The maximum atomic E-state index is 12.0. The summed E-state index contributed by atoms with van der Waals surface area (Å²) in [7, 11) is 0. The Morgan fingerprint density at radius 1 is 1.12 bits per heavy atom. The number of furan rings is 1. The number of carbonyl (C=O) groups excluding carboxylic acids is 2. The van der Waals surface area contributed by atoms with E-state index < -0.39 is 18.0 Å². The van der Waals surface area contributed by atoms with Crippen molar-refractivity contribution in [2.45, 2.75) is 18.9 Å². The molecule has 1 amide bonds. The first-order chi connectivity index (χ1) is 12.2. The topological polar surface area (TPSA) is 77.8 Å². The number of carbonyl (C=O) groups is 2. The molecule has 0 saturated carbocycles. The Morgan fingerprint density at radius 2 is 1.96 bits per heavy atom. The van der Waals surface area contributed by atoms with Gasteiger partial charge in [0.2, 0.25) is 0 Å². The van der Waals surface area contributed by atoms with Gasteiger partial charge in [0.05, 0.1) is 0 Å². The predicted molar refractivity (Wildman–Crippen MR) is 92.3 cm³/mol. The fourth-order valence-corrected chi connectivity index (χ4v) is 2.99. The minimum atomic E-state index is -0.540. The quantitative estimate of drug-likeness (QED) is 0.738. The summed E-state index contributed by atoms with van der Waals surface area (Å²) < 4.78 is 16.0. The van der Waals surface area contributed by atoms with Crippen LogP contribution < -0.4 is 5.32 Å².